The van der Waals surface area contributed by atoms with Crippen molar-refractivity contribution in [3.63, 3.8) is 0 Å². The minimum atomic E-state index is -0.128. The molecule has 112 valence electrons. The molecule has 5 heteroatoms. The molecule has 0 unspecified atom stereocenters. The molecule has 0 aliphatic heterocycles. The highest BCUT2D eigenvalue weighted by atomic mass is 32.2. The molecule has 0 saturated carbocycles. The summed E-state index contributed by atoms with van der Waals surface area (Å²) in [6.07, 6.45) is 1.01. The Hall–Kier alpha value is -1.75. The maximum Gasteiger partial charge on any atom is 0.252 e. The zero-order valence-corrected chi connectivity index (χ0v) is 13.5. The molecule has 21 heavy (non-hydrogen) atoms. The van der Waals surface area contributed by atoms with E-state index in [1.807, 2.05) is 12.1 Å². The van der Waals surface area contributed by atoms with Crippen LogP contribution in [0.4, 0.5) is 11.6 Å². The van der Waals surface area contributed by atoms with Crippen LogP contribution in [-0.2, 0) is 12.2 Å². The van der Waals surface area contributed by atoms with Crippen molar-refractivity contribution in [3.05, 3.63) is 51.9 Å². The minimum Gasteiger partial charge on any atom is -0.326 e. The first-order chi connectivity index (χ1) is 10.1. The highest BCUT2D eigenvalue weighted by Crippen LogP contribution is 2.17. The summed E-state index contributed by atoms with van der Waals surface area (Å²) in [6.45, 7) is 6.38. The molecule has 1 aromatic heterocycles. The van der Waals surface area contributed by atoms with Gasteiger partial charge in [0.1, 0.15) is 0 Å². The fourth-order valence-corrected chi connectivity index (χ4v) is 2.51. The second-order valence-electron chi connectivity index (χ2n) is 5.12. The molecule has 0 amide bonds. The topological polar surface area (TPSA) is 57.8 Å². The highest BCUT2D eigenvalue weighted by Gasteiger charge is 2.04. The van der Waals surface area contributed by atoms with Crippen LogP contribution in [0.2, 0.25) is 0 Å². The zero-order valence-electron chi connectivity index (χ0n) is 12.6. The molecule has 2 aromatic rings. The molecule has 0 atom stereocenters. The standard InChI is InChI=1S/C16H21N3OS/c1-4-12-5-7-13(8-6-12)17-16-18-14(9-15(20)19-16)10-21-11(2)3/h5-9,11H,4,10H2,1-3H3,(H2,17,18,19,20). The van der Waals surface area contributed by atoms with E-state index in [0.29, 0.717) is 11.2 Å². The molecule has 1 aromatic carbocycles. The van der Waals surface area contributed by atoms with Crippen molar-refractivity contribution in [2.24, 2.45) is 0 Å². The van der Waals surface area contributed by atoms with E-state index in [0.717, 1.165) is 23.6 Å². The number of nitrogens with one attached hydrogen (secondary N) is 2. The smallest absolute Gasteiger partial charge is 0.252 e. The molecule has 2 N–H and O–H groups in total. The summed E-state index contributed by atoms with van der Waals surface area (Å²) in [6, 6.07) is 9.68. The molecular weight excluding hydrogens is 282 g/mol. The van der Waals surface area contributed by atoms with E-state index in [1.54, 1.807) is 17.8 Å². The van der Waals surface area contributed by atoms with E-state index in [-0.39, 0.29) is 5.56 Å². The Bertz CT molecular complexity index is 635. The van der Waals surface area contributed by atoms with Crippen molar-refractivity contribution in [2.75, 3.05) is 5.32 Å². The summed E-state index contributed by atoms with van der Waals surface area (Å²) in [5.41, 5.74) is 2.87. The number of rotatable bonds is 6. The first-order valence-corrected chi connectivity index (χ1v) is 8.19. The molecule has 0 fully saturated rings. The van der Waals surface area contributed by atoms with Gasteiger partial charge < -0.3 is 5.32 Å². The fraction of sp³-hybridized carbons (Fsp3) is 0.375. The number of aromatic nitrogens is 2. The van der Waals surface area contributed by atoms with E-state index in [9.17, 15) is 4.79 Å². The Morgan fingerprint density at radius 1 is 1.29 bits per heavy atom. The van der Waals surface area contributed by atoms with E-state index < -0.39 is 0 Å². The van der Waals surface area contributed by atoms with Crippen LogP contribution in [0.1, 0.15) is 32.0 Å². The van der Waals surface area contributed by atoms with Crippen LogP contribution in [0.5, 0.6) is 0 Å². The second kappa shape index (κ2) is 7.31. The molecule has 0 aliphatic carbocycles. The number of aromatic amines is 1. The lowest BCUT2D eigenvalue weighted by Gasteiger charge is -2.08. The molecule has 0 bridgehead atoms. The van der Waals surface area contributed by atoms with E-state index >= 15 is 0 Å². The van der Waals surface area contributed by atoms with Crippen LogP contribution in [0, 0.1) is 0 Å². The number of thioether (sulfide) groups is 1. The van der Waals surface area contributed by atoms with Crippen molar-refractivity contribution in [2.45, 2.75) is 38.2 Å². The lowest BCUT2D eigenvalue weighted by Crippen LogP contribution is -2.12. The largest absolute Gasteiger partial charge is 0.326 e. The molecule has 0 saturated heterocycles. The number of benzene rings is 1. The van der Waals surface area contributed by atoms with Gasteiger partial charge in [-0.1, -0.05) is 32.9 Å². The summed E-state index contributed by atoms with van der Waals surface area (Å²) >= 11 is 1.77. The third-order valence-electron chi connectivity index (χ3n) is 2.98. The molecule has 4 nitrogen and oxygen atoms in total. The summed E-state index contributed by atoms with van der Waals surface area (Å²) in [5, 5.41) is 3.67. The predicted octanol–water partition coefficient (Wildman–Crippen LogP) is 3.72. The van der Waals surface area contributed by atoms with Crippen molar-refractivity contribution >= 4 is 23.4 Å². The number of hydrogen-bond donors (Lipinski definition) is 2. The van der Waals surface area contributed by atoms with Gasteiger partial charge in [0.05, 0.1) is 5.69 Å². The van der Waals surface area contributed by atoms with Crippen LogP contribution >= 0.6 is 11.8 Å². The lowest BCUT2D eigenvalue weighted by atomic mass is 10.1. The Labute approximate surface area is 129 Å². The Kier molecular flexibility index (Phi) is 5.44. The van der Waals surface area contributed by atoms with Gasteiger partial charge in [0, 0.05) is 17.5 Å². The van der Waals surface area contributed by atoms with Crippen LogP contribution in [-0.4, -0.2) is 15.2 Å². The van der Waals surface area contributed by atoms with Gasteiger partial charge >= 0.3 is 0 Å². The van der Waals surface area contributed by atoms with Gasteiger partial charge in [0.25, 0.3) is 5.56 Å². The van der Waals surface area contributed by atoms with Crippen molar-refractivity contribution < 1.29 is 0 Å². The van der Waals surface area contributed by atoms with Crippen LogP contribution in [0.3, 0.4) is 0 Å². The van der Waals surface area contributed by atoms with Crippen LogP contribution in [0.15, 0.2) is 35.1 Å². The maximum atomic E-state index is 11.7. The number of H-pyrrole nitrogens is 1. The summed E-state index contributed by atoms with van der Waals surface area (Å²) in [4.78, 5) is 18.9. The number of aryl methyl sites for hydroxylation is 1. The first kappa shape index (κ1) is 15.6. The first-order valence-electron chi connectivity index (χ1n) is 7.14. The van der Waals surface area contributed by atoms with Crippen LogP contribution < -0.4 is 10.9 Å². The van der Waals surface area contributed by atoms with Gasteiger partial charge in [-0.2, -0.15) is 11.8 Å². The van der Waals surface area contributed by atoms with Gasteiger partial charge in [0.2, 0.25) is 5.95 Å². The third kappa shape index (κ3) is 4.93. The SMILES string of the molecule is CCc1ccc(Nc2nc(CSC(C)C)cc(=O)[nH]2)cc1. The van der Waals surface area contributed by atoms with E-state index in [4.69, 9.17) is 0 Å². The molecule has 2 rings (SSSR count). The number of anilines is 2. The monoisotopic (exact) mass is 303 g/mol. The molecule has 0 spiro atoms. The zero-order chi connectivity index (χ0) is 15.2. The van der Waals surface area contributed by atoms with Crippen molar-refractivity contribution in [1.29, 1.82) is 0 Å². The third-order valence-corrected chi connectivity index (χ3v) is 4.11. The van der Waals surface area contributed by atoms with Crippen molar-refractivity contribution in [3.8, 4) is 0 Å². The van der Waals surface area contributed by atoms with Crippen LogP contribution in [0.25, 0.3) is 0 Å². The van der Waals surface area contributed by atoms with Gasteiger partial charge in [0.15, 0.2) is 0 Å². The number of hydrogen-bond acceptors (Lipinski definition) is 4. The molecule has 0 radical (unpaired) electrons. The molecule has 1 heterocycles. The fourth-order valence-electron chi connectivity index (χ4n) is 1.85. The van der Waals surface area contributed by atoms with E-state index in [1.165, 1.54) is 5.56 Å². The van der Waals surface area contributed by atoms with E-state index in [2.05, 4.69) is 48.2 Å². The predicted molar refractivity (Wildman–Crippen MR) is 90.4 cm³/mol. The minimum absolute atomic E-state index is 0.128. The van der Waals surface area contributed by atoms with Gasteiger partial charge in [-0.05, 0) is 29.4 Å². The lowest BCUT2D eigenvalue weighted by molar-refractivity contribution is 1.05. The Balaban J connectivity index is 2.13. The number of nitrogens with zero attached hydrogens (tertiary/aromatic N) is 1. The summed E-state index contributed by atoms with van der Waals surface area (Å²) in [5.74, 6) is 1.23. The normalized spacial score (nSPS) is 10.9. The maximum absolute atomic E-state index is 11.7. The Morgan fingerprint density at radius 3 is 2.62 bits per heavy atom. The second-order valence-corrected chi connectivity index (χ2v) is 6.69. The molecule has 0 aliphatic rings. The summed E-state index contributed by atoms with van der Waals surface area (Å²) < 4.78 is 0. The quantitative estimate of drug-likeness (QED) is 0.854. The van der Waals surface area contributed by atoms with Crippen molar-refractivity contribution in [1.82, 2.24) is 9.97 Å². The van der Waals surface area contributed by atoms with Gasteiger partial charge in [-0.25, -0.2) is 4.98 Å². The molecular formula is C16H21N3OS. The average molecular weight is 303 g/mol. The Morgan fingerprint density at radius 2 is 2.00 bits per heavy atom. The highest BCUT2D eigenvalue weighted by molar-refractivity contribution is 7.99. The van der Waals surface area contributed by atoms with Gasteiger partial charge in [-0.3, -0.25) is 9.78 Å². The average Bonchev–Trinajstić information content (AvgIpc) is 2.45. The summed E-state index contributed by atoms with van der Waals surface area (Å²) in [7, 11) is 0. The van der Waals surface area contributed by atoms with Gasteiger partial charge in [-0.15, -0.1) is 0 Å².